The van der Waals surface area contributed by atoms with Gasteiger partial charge >= 0.3 is 0 Å². The molecule has 1 aromatic carbocycles. The number of aromatic hydroxyl groups is 1. The highest BCUT2D eigenvalue weighted by Gasteiger charge is 2.05. The lowest BCUT2D eigenvalue weighted by Gasteiger charge is -2.03. The van der Waals surface area contributed by atoms with Crippen molar-refractivity contribution in [3.8, 4) is 17.6 Å². The van der Waals surface area contributed by atoms with Crippen molar-refractivity contribution in [2.45, 2.75) is 6.92 Å². The van der Waals surface area contributed by atoms with Crippen LogP contribution in [-0.2, 0) is 4.79 Å². The van der Waals surface area contributed by atoms with Crippen LogP contribution in [-0.4, -0.2) is 18.0 Å². The van der Waals surface area contributed by atoms with E-state index in [0.717, 1.165) is 0 Å². The maximum absolute atomic E-state index is 11.0. The maximum Gasteiger partial charge on any atom is 0.170 e. The van der Waals surface area contributed by atoms with E-state index < -0.39 is 0 Å². The van der Waals surface area contributed by atoms with Gasteiger partial charge in [-0.2, -0.15) is 5.26 Å². The number of Topliss-reactive ketones (excluding diaryl/α,β-unsaturated/α-hetero) is 1. The Bertz CT molecular complexity index is 484. The first-order valence-electron chi connectivity index (χ1n) is 4.58. The van der Waals surface area contributed by atoms with Gasteiger partial charge in [0.25, 0.3) is 0 Å². The number of rotatable bonds is 3. The second kappa shape index (κ2) is 4.99. The quantitative estimate of drug-likeness (QED) is 0.620. The summed E-state index contributed by atoms with van der Waals surface area (Å²) in [6, 6.07) is 6.40. The Hall–Kier alpha value is -2.28. The van der Waals surface area contributed by atoms with Gasteiger partial charge < -0.3 is 9.84 Å². The van der Waals surface area contributed by atoms with Gasteiger partial charge in [0.15, 0.2) is 17.3 Å². The smallest absolute Gasteiger partial charge is 0.170 e. The van der Waals surface area contributed by atoms with Gasteiger partial charge in [-0.1, -0.05) is 6.07 Å². The van der Waals surface area contributed by atoms with Gasteiger partial charge in [-0.05, 0) is 30.7 Å². The predicted molar refractivity (Wildman–Crippen MR) is 58.9 cm³/mol. The molecule has 1 rings (SSSR count). The van der Waals surface area contributed by atoms with Crippen LogP contribution in [0.25, 0.3) is 6.08 Å². The van der Waals surface area contributed by atoms with Gasteiger partial charge in [-0.25, -0.2) is 0 Å². The lowest BCUT2D eigenvalue weighted by atomic mass is 10.1. The number of benzene rings is 1. The first-order valence-corrected chi connectivity index (χ1v) is 4.58. The molecule has 0 atom stereocenters. The summed E-state index contributed by atoms with van der Waals surface area (Å²) in [5.74, 6) is 0.0186. The fraction of sp³-hybridized carbons (Fsp3) is 0.167. The standard InChI is InChI=1S/C12H11NO3/c1-8(14)10(7-13)5-9-3-4-11(15)12(6-9)16-2/h3-6,15H,1-2H3/b10-5-. The molecule has 0 fully saturated rings. The monoisotopic (exact) mass is 217 g/mol. The Morgan fingerprint density at radius 3 is 2.75 bits per heavy atom. The third-order valence-electron chi connectivity index (χ3n) is 2.01. The first kappa shape index (κ1) is 11.8. The first-order chi connectivity index (χ1) is 7.58. The van der Waals surface area contributed by atoms with Crippen molar-refractivity contribution in [2.75, 3.05) is 7.11 Å². The summed E-state index contributed by atoms with van der Waals surface area (Å²) in [7, 11) is 1.43. The Morgan fingerprint density at radius 1 is 1.56 bits per heavy atom. The minimum Gasteiger partial charge on any atom is -0.504 e. The molecule has 1 N–H and O–H groups in total. The van der Waals surface area contributed by atoms with Crippen molar-refractivity contribution in [1.29, 1.82) is 5.26 Å². The molecule has 0 aliphatic rings. The third-order valence-corrected chi connectivity index (χ3v) is 2.01. The molecule has 0 saturated carbocycles. The minimum atomic E-state index is -0.297. The molecule has 0 aromatic heterocycles. The molecule has 0 spiro atoms. The minimum absolute atomic E-state index is 0.0148. The Morgan fingerprint density at radius 2 is 2.25 bits per heavy atom. The number of hydrogen-bond acceptors (Lipinski definition) is 4. The van der Waals surface area contributed by atoms with Gasteiger partial charge in [0.05, 0.1) is 12.7 Å². The number of phenolic OH excluding ortho intramolecular Hbond substituents is 1. The summed E-state index contributed by atoms with van der Waals surface area (Å²) in [6.45, 7) is 1.33. The van der Waals surface area contributed by atoms with Crippen LogP contribution in [0.1, 0.15) is 12.5 Å². The number of phenols is 1. The van der Waals surface area contributed by atoms with E-state index in [-0.39, 0.29) is 17.1 Å². The van der Waals surface area contributed by atoms with Gasteiger partial charge in [-0.15, -0.1) is 0 Å². The van der Waals surface area contributed by atoms with Gasteiger partial charge in [0.2, 0.25) is 0 Å². The molecule has 16 heavy (non-hydrogen) atoms. The fourth-order valence-electron chi connectivity index (χ4n) is 1.16. The lowest BCUT2D eigenvalue weighted by Crippen LogP contribution is -1.93. The largest absolute Gasteiger partial charge is 0.504 e. The van der Waals surface area contributed by atoms with Crippen molar-refractivity contribution < 1.29 is 14.6 Å². The molecule has 0 aliphatic heterocycles. The number of ether oxygens (including phenoxy) is 1. The summed E-state index contributed by atoms with van der Waals surface area (Å²) >= 11 is 0. The molecule has 1 aromatic rings. The number of nitrogens with zero attached hydrogens (tertiary/aromatic N) is 1. The predicted octanol–water partition coefficient (Wildman–Crippen LogP) is 1.90. The topological polar surface area (TPSA) is 70.3 Å². The second-order valence-electron chi connectivity index (χ2n) is 3.16. The number of nitriles is 1. The van der Waals surface area contributed by atoms with Gasteiger partial charge in [0, 0.05) is 0 Å². The van der Waals surface area contributed by atoms with Crippen LogP contribution in [0.15, 0.2) is 23.8 Å². The van der Waals surface area contributed by atoms with Crippen molar-refractivity contribution >= 4 is 11.9 Å². The number of ketones is 1. The van der Waals surface area contributed by atoms with Crippen LogP contribution < -0.4 is 4.74 Å². The van der Waals surface area contributed by atoms with E-state index in [1.165, 1.54) is 26.2 Å². The molecule has 4 nitrogen and oxygen atoms in total. The van der Waals surface area contributed by atoms with E-state index in [2.05, 4.69) is 0 Å². The van der Waals surface area contributed by atoms with Crippen LogP contribution in [0.3, 0.4) is 0 Å². The normalized spacial score (nSPS) is 10.7. The van der Waals surface area contributed by atoms with Crippen LogP contribution in [0, 0.1) is 11.3 Å². The summed E-state index contributed by atoms with van der Waals surface area (Å²) in [5, 5.41) is 18.1. The highest BCUT2D eigenvalue weighted by atomic mass is 16.5. The van der Waals surface area contributed by atoms with Crippen molar-refractivity contribution in [2.24, 2.45) is 0 Å². The summed E-state index contributed by atoms with van der Waals surface area (Å²) in [6.07, 6.45) is 1.45. The van der Waals surface area contributed by atoms with Gasteiger partial charge in [0.1, 0.15) is 6.07 Å². The molecular weight excluding hydrogens is 206 g/mol. The molecule has 82 valence electrons. The van der Waals surface area contributed by atoms with Crippen molar-refractivity contribution in [1.82, 2.24) is 0 Å². The molecule has 0 bridgehead atoms. The van der Waals surface area contributed by atoms with E-state index >= 15 is 0 Å². The zero-order chi connectivity index (χ0) is 12.1. The number of allylic oxidation sites excluding steroid dienone is 1. The average Bonchev–Trinajstić information content (AvgIpc) is 2.27. The van der Waals surface area contributed by atoms with E-state index in [1.807, 2.05) is 6.07 Å². The Labute approximate surface area is 93.4 Å². The molecule has 0 heterocycles. The molecule has 0 amide bonds. The highest BCUT2D eigenvalue weighted by Crippen LogP contribution is 2.27. The molecule has 0 saturated heterocycles. The average molecular weight is 217 g/mol. The second-order valence-corrected chi connectivity index (χ2v) is 3.16. The zero-order valence-electron chi connectivity index (χ0n) is 9.02. The molecular formula is C12H11NO3. The molecule has 4 heteroatoms. The number of methoxy groups -OCH3 is 1. The van der Waals surface area contributed by atoms with Crippen LogP contribution in [0.4, 0.5) is 0 Å². The Kier molecular flexibility index (Phi) is 3.67. The maximum atomic E-state index is 11.0. The summed E-state index contributed by atoms with van der Waals surface area (Å²) in [4.78, 5) is 11.0. The Balaban J connectivity index is 3.16. The van der Waals surface area contributed by atoms with Crippen molar-refractivity contribution in [3.05, 3.63) is 29.3 Å². The van der Waals surface area contributed by atoms with Crippen LogP contribution in [0.2, 0.25) is 0 Å². The highest BCUT2D eigenvalue weighted by molar-refractivity contribution is 6.01. The van der Waals surface area contributed by atoms with Crippen LogP contribution >= 0.6 is 0 Å². The van der Waals surface area contributed by atoms with E-state index in [4.69, 9.17) is 10.00 Å². The van der Waals surface area contributed by atoms with E-state index in [9.17, 15) is 9.90 Å². The third kappa shape index (κ3) is 2.61. The number of carbonyl (C=O) groups is 1. The molecule has 0 radical (unpaired) electrons. The molecule has 0 aliphatic carbocycles. The fourth-order valence-corrected chi connectivity index (χ4v) is 1.16. The zero-order valence-corrected chi connectivity index (χ0v) is 9.02. The van der Waals surface area contributed by atoms with E-state index in [0.29, 0.717) is 11.3 Å². The molecule has 0 unspecified atom stereocenters. The van der Waals surface area contributed by atoms with Crippen molar-refractivity contribution in [3.63, 3.8) is 0 Å². The number of carbonyl (C=O) groups excluding carboxylic acids is 1. The number of hydrogen-bond donors (Lipinski definition) is 1. The van der Waals surface area contributed by atoms with Gasteiger partial charge in [-0.3, -0.25) is 4.79 Å². The summed E-state index contributed by atoms with van der Waals surface area (Å²) < 4.78 is 4.91. The lowest BCUT2D eigenvalue weighted by molar-refractivity contribution is -0.113. The van der Waals surface area contributed by atoms with Crippen LogP contribution in [0.5, 0.6) is 11.5 Å². The summed E-state index contributed by atoms with van der Waals surface area (Å²) in [5.41, 5.74) is 0.689. The van der Waals surface area contributed by atoms with E-state index in [1.54, 1.807) is 12.1 Å². The SMILES string of the molecule is COc1cc(/C=C(/C#N)C(C)=O)ccc1O.